The molecule has 1 saturated heterocycles. The molecule has 0 spiro atoms. The Kier molecular flexibility index (Phi) is 3.72. The Hall–Kier alpha value is -0.730. The predicted molar refractivity (Wildman–Crippen MR) is 67.6 cm³/mol. The molecule has 0 aliphatic carbocycles. The molecule has 1 aliphatic rings. The van der Waals surface area contributed by atoms with Crippen molar-refractivity contribution in [3.63, 3.8) is 0 Å². The van der Waals surface area contributed by atoms with Crippen LogP contribution in [0.25, 0.3) is 0 Å². The smallest absolute Gasteiger partial charge is 0.140 e. The van der Waals surface area contributed by atoms with Crippen LogP contribution in [0.1, 0.15) is 30.4 Å². The van der Waals surface area contributed by atoms with Crippen molar-refractivity contribution < 1.29 is 4.74 Å². The van der Waals surface area contributed by atoms with E-state index in [4.69, 9.17) is 16.3 Å². The second-order valence-corrected chi connectivity index (χ2v) is 4.65. The van der Waals surface area contributed by atoms with Crippen molar-refractivity contribution in [2.75, 3.05) is 20.2 Å². The predicted octanol–water partition coefficient (Wildman–Crippen LogP) is 2.99. The highest BCUT2D eigenvalue weighted by Gasteiger charge is 2.19. The van der Waals surface area contributed by atoms with E-state index in [1.165, 1.54) is 17.5 Å². The topological polar surface area (TPSA) is 21.3 Å². The highest BCUT2D eigenvalue weighted by Crippen LogP contribution is 2.34. The average Bonchev–Trinajstić information content (AvgIpc) is 2.81. The van der Waals surface area contributed by atoms with E-state index >= 15 is 0 Å². The van der Waals surface area contributed by atoms with Crippen molar-refractivity contribution in [2.45, 2.75) is 25.7 Å². The molecule has 1 aliphatic heterocycles. The third kappa shape index (κ3) is 2.18. The van der Waals surface area contributed by atoms with Crippen LogP contribution in [0.5, 0.6) is 5.75 Å². The number of hydrogen-bond acceptors (Lipinski definition) is 2. The van der Waals surface area contributed by atoms with E-state index in [1.807, 2.05) is 0 Å². The minimum atomic E-state index is 0.605. The zero-order chi connectivity index (χ0) is 11.5. The maximum absolute atomic E-state index is 6.25. The maximum atomic E-state index is 6.25. The first-order chi connectivity index (χ1) is 7.76. The molecule has 88 valence electrons. The Labute approximate surface area is 102 Å². The molecule has 16 heavy (non-hydrogen) atoms. The molecular formula is C13H18ClNO. The largest absolute Gasteiger partial charge is 0.495 e. The SMILES string of the molecule is CCc1cc(C2CCNC2)cc(Cl)c1OC. The Bertz CT molecular complexity index is 372. The van der Waals surface area contributed by atoms with Crippen LogP contribution in [-0.4, -0.2) is 20.2 Å². The van der Waals surface area contributed by atoms with Gasteiger partial charge in [-0.15, -0.1) is 0 Å². The molecule has 1 fully saturated rings. The van der Waals surface area contributed by atoms with Crippen molar-refractivity contribution in [1.82, 2.24) is 5.32 Å². The van der Waals surface area contributed by atoms with Crippen LogP contribution in [0, 0.1) is 0 Å². The molecule has 1 aromatic rings. The molecule has 1 N–H and O–H groups in total. The van der Waals surface area contributed by atoms with Gasteiger partial charge in [0.1, 0.15) is 5.75 Å². The number of nitrogens with one attached hydrogen (secondary N) is 1. The summed E-state index contributed by atoms with van der Waals surface area (Å²) in [5.74, 6) is 1.44. The average molecular weight is 240 g/mol. The van der Waals surface area contributed by atoms with Crippen molar-refractivity contribution in [2.24, 2.45) is 0 Å². The van der Waals surface area contributed by atoms with Crippen LogP contribution < -0.4 is 10.1 Å². The van der Waals surface area contributed by atoms with Crippen LogP contribution in [0.2, 0.25) is 5.02 Å². The van der Waals surface area contributed by atoms with Gasteiger partial charge in [0.15, 0.2) is 0 Å². The number of aryl methyl sites for hydroxylation is 1. The zero-order valence-electron chi connectivity index (χ0n) is 9.85. The first-order valence-corrected chi connectivity index (χ1v) is 6.21. The lowest BCUT2D eigenvalue weighted by molar-refractivity contribution is 0.410. The fourth-order valence-corrected chi connectivity index (χ4v) is 2.66. The molecule has 0 aromatic heterocycles. The lowest BCUT2D eigenvalue weighted by Gasteiger charge is -2.15. The molecule has 1 heterocycles. The Morgan fingerprint density at radius 3 is 2.88 bits per heavy atom. The Morgan fingerprint density at radius 2 is 2.31 bits per heavy atom. The second kappa shape index (κ2) is 5.07. The molecule has 2 nitrogen and oxygen atoms in total. The standard InChI is InChI=1S/C13H18ClNO/c1-3-9-6-11(10-4-5-15-8-10)7-12(14)13(9)16-2/h6-7,10,15H,3-5,8H2,1-2H3. The van der Waals surface area contributed by atoms with Crippen molar-refractivity contribution in [1.29, 1.82) is 0 Å². The summed E-state index contributed by atoms with van der Waals surface area (Å²) in [6, 6.07) is 4.29. The van der Waals surface area contributed by atoms with Gasteiger partial charge in [-0.25, -0.2) is 0 Å². The Morgan fingerprint density at radius 1 is 1.50 bits per heavy atom. The first-order valence-electron chi connectivity index (χ1n) is 5.83. The molecular weight excluding hydrogens is 222 g/mol. The number of methoxy groups -OCH3 is 1. The summed E-state index contributed by atoms with van der Waals surface area (Å²) in [6.07, 6.45) is 2.16. The molecule has 0 amide bonds. The molecule has 1 atom stereocenters. The van der Waals surface area contributed by atoms with E-state index in [9.17, 15) is 0 Å². The van der Waals surface area contributed by atoms with E-state index in [-0.39, 0.29) is 0 Å². The summed E-state index contributed by atoms with van der Waals surface area (Å²) in [7, 11) is 1.68. The summed E-state index contributed by atoms with van der Waals surface area (Å²) >= 11 is 6.25. The van der Waals surface area contributed by atoms with Crippen molar-refractivity contribution in [3.8, 4) is 5.75 Å². The quantitative estimate of drug-likeness (QED) is 0.876. The van der Waals surface area contributed by atoms with Crippen LogP contribution in [0.3, 0.4) is 0 Å². The van der Waals surface area contributed by atoms with Crippen LogP contribution in [0.4, 0.5) is 0 Å². The minimum absolute atomic E-state index is 0.605. The van der Waals surface area contributed by atoms with Gasteiger partial charge in [-0.3, -0.25) is 0 Å². The van der Waals surface area contributed by atoms with E-state index in [2.05, 4.69) is 24.4 Å². The monoisotopic (exact) mass is 239 g/mol. The van der Waals surface area contributed by atoms with Gasteiger partial charge in [0, 0.05) is 6.54 Å². The summed E-state index contributed by atoms with van der Waals surface area (Å²) in [4.78, 5) is 0. The fraction of sp³-hybridized carbons (Fsp3) is 0.538. The molecule has 0 bridgehead atoms. The highest BCUT2D eigenvalue weighted by molar-refractivity contribution is 6.32. The lowest BCUT2D eigenvalue weighted by Crippen LogP contribution is -2.08. The zero-order valence-corrected chi connectivity index (χ0v) is 10.6. The number of benzene rings is 1. The molecule has 0 radical (unpaired) electrons. The van der Waals surface area contributed by atoms with Gasteiger partial charge in [0.25, 0.3) is 0 Å². The van der Waals surface area contributed by atoms with Gasteiger partial charge < -0.3 is 10.1 Å². The molecule has 1 unspecified atom stereocenters. The maximum Gasteiger partial charge on any atom is 0.140 e. The molecule has 0 saturated carbocycles. The third-order valence-corrected chi connectivity index (χ3v) is 3.54. The summed E-state index contributed by atoms with van der Waals surface area (Å²) < 4.78 is 5.34. The van der Waals surface area contributed by atoms with E-state index < -0.39 is 0 Å². The number of ether oxygens (including phenoxy) is 1. The van der Waals surface area contributed by atoms with Gasteiger partial charge in [0.05, 0.1) is 12.1 Å². The Balaban J connectivity index is 2.36. The van der Waals surface area contributed by atoms with Gasteiger partial charge in [-0.2, -0.15) is 0 Å². The van der Waals surface area contributed by atoms with Gasteiger partial charge in [-0.1, -0.05) is 24.6 Å². The molecule has 1 aromatic carbocycles. The lowest BCUT2D eigenvalue weighted by atomic mass is 9.95. The van der Waals surface area contributed by atoms with Crippen LogP contribution in [0.15, 0.2) is 12.1 Å². The van der Waals surface area contributed by atoms with Gasteiger partial charge in [0.2, 0.25) is 0 Å². The molecule has 3 heteroatoms. The summed E-state index contributed by atoms with van der Waals surface area (Å²) in [5.41, 5.74) is 2.55. The van der Waals surface area contributed by atoms with E-state index in [0.717, 1.165) is 30.3 Å². The van der Waals surface area contributed by atoms with Crippen LogP contribution in [-0.2, 0) is 6.42 Å². The molecule has 2 rings (SSSR count). The summed E-state index contributed by atoms with van der Waals surface area (Å²) in [5, 5.41) is 4.12. The van der Waals surface area contributed by atoms with Gasteiger partial charge >= 0.3 is 0 Å². The summed E-state index contributed by atoms with van der Waals surface area (Å²) in [6.45, 7) is 4.30. The van der Waals surface area contributed by atoms with Crippen LogP contribution >= 0.6 is 11.6 Å². The number of halogens is 1. The normalized spacial score (nSPS) is 20.1. The fourth-order valence-electron chi connectivity index (χ4n) is 2.34. The number of hydrogen-bond donors (Lipinski definition) is 1. The van der Waals surface area contributed by atoms with E-state index in [0.29, 0.717) is 5.92 Å². The van der Waals surface area contributed by atoms with Gasteiger partial charge in [-0.05, 0) is 42.5 Å². The minimum Gasteiger partial charge on any atom is -0.495 e. The third-order valence-electron chi connectivity index (χ3n) is 3.26. The van der Waals surface area contributed by atoms with E-state index in [1.54, 1.807) is 7.11 Å². The van der Waals surface area contributed by atoms with Crippen molar-refractivity contribution >= 4 is 11.6 Å². The van der Waals surface area contributed by atoms with Crippen molar-refractivity contribution in [3.05, 3.63) is 28.3 Å². The second-order valence-electron chi connectivity index (χ2n) is 4.24. The number of rotatable bonds is 3. The highest BCUT2D eigenvalue weighted by atomic mass is 35.5. The first kappa shape index (κ1) is 11.7.